The number of ketones is 1. The topological polar surface area (TPSA) is 52.6 Å². The number of hydrogen-bond acceptors (Lipinski definition) is 4. The highest BCUT2D eigenvalue weighted by molar-refractivity contribution is 5.92. The molecule has 4 nitrogen and oxygen atoms in total. The molecule has 0 spiro atoms. The maximum absolute atomic E-state index is 12.4. The summed E-state index contributed by atoms with van der Waals surface area (Å²) in [5, 5.41) is 0. The third kappa shape index (κ3) is 1.28. The predicted octanol–water partition coefficient (Wildman–Crippen LogP) is 1.49. The lowest BCUT2D eigenvalue weighted by molar-refractivity contribution is -0.139. The fourth-order valence-corrected chi connectivity index (χ4v) is 4.91. The molecule has 0 amide bonds. The Morgan fingerprint density at radius 3 is 2.84 bits per heavy atom. The van der Waals surface area contributed by atoms with Crippen LogP contribution in [0.3, 0.4) is 0 Å². The number of rotatable bonds is 0. The summed E-state index contributed by atoms with van der Waals surface area (Å²) >= 11 is 0. The van der Waals surface area contributed by atoms with Crippen molar-refractivity contribution in [2.45, 2.75) is 38.4 Å². The molecule has 0 N–H and O–H groups in total. The summed E-state index contributed by atoms with van der Waals surface area (Å²) in [6, 6.07) is 0. The van der Waals surface area contributed by atoms with Gasteiger partial charge in [-0.15, -0.1) is 0 Å². The van der Waals surface area contributed by atoms with E-state index in [1.165, 1.54) is 0 Å². The molecule has 0 aromatic heterocycles. The summed E-state index contributed by atoms with van der Waals surface area (Å²) in [4.78, 5) is 24.1. The fourth-order valence-electron chi connectivity index (χ4n) is 4.91. The van der Waals surface area contributed by atoms with Crippen LogP contribution < -0.4 is 0 Å². The summed E-state index contributed by atoms with van der Waals surface area (Å²) in [5.74, 6) is 0.709. The van der Waals surface area contributed by atoms with Crippen LogP contribution in [0.4, 0.5) is 0 Å². The summed E-state index contributed by atoms with van der Waals surface area (Å²) in [5.41, 5.74) is 0.177. The first-order valence-electron chi connectivity index (χ1n) is 7.07. The zero-order chi connectivity index (χ0) is 13.4. The van der Waals surface area contributed by atoms with Gasteiger partial charge in [0.25, 0.3) is 0 Å². The van der Waals surface area contributed by atoms with Crippen molar-refractivity contribution in [2.24, 2.45) is 23.2 Å². The van der Waals surface area contributed by atoms with Crippen LogP contribution in [-0.2, 0) is 19.1 Å². The van der Waals surface area contributed by atoms with E-state index < -0.39 is 0 Å². The number of carbonyl (C=O) groups is 2. The van der Waals surface area contributed by atoms with Crippen LogP contribution in [0.25, 0.3) is 0 Å². The van der Waals surface area contributed by atoms with Crippen molar-refractivity contribution in [3.05, 3.63) is 12.2 Å². The minimum Gasteiger partial charge on any atom is -0.458 e. The first kappa shape index (κ1) is 11.6. The monoisotopic (exact) mass is 262 g/mol. The molecule has 2 saturated heterocycles. The zero-order valence-electron chi connectivity index (χ0n) is 11.1. The lowest BCUT2D eigenvalue weighted by atomic mass is 9.70. The molecule has 0 unspecified atom stereocenters. The van der Waals surface area contributed by atoms with Gasteiger partial charge in [-0.2, -0.15) is 0 Å². The van der Waals surface area contributed by atoms with E-state index in [1.54, 1.807) is 0 Å². The van der Waals surface area contributed by atoms with Gasteiger partial charge in [-0.05, 0) is 18.8 Å². The molecule has 2 saturated carbocycles. The van der Waals surface area contributed by atoms with Crippen molar-refractivity contribution < 1.29 is 19.1 Å². The number of fused-ring (bicyclic) bond motifs is 1. The molecule has 2 aliphatic carbocycles. The molecule has 0 radical (unpaired) electrons. The van der Waals surface area contributed by atoms with Crippen LogP contribution >= 0.6 is 0 Å². The van der Waals surface area contributed by atoms with E-state index in [0.717, 1.165) is 6.42 Å². The smallest absolute Gasteiger partial charge is 0.334 e. The summed E-state index contributed by atoms with van der Waals surface area (Å²) in [6.07, 6.45) is 2.07. The highest BCUT2D eigenvalue weighted by Crippen LogP contribution is 2.59. The number of carbonyl (C=O) groups excluding carboxylic acids is 2. The maximum Gasteiger partial charge on any atom is 0.334 e. The van der Waals surface area contributed by atoms with Crippen LogP contribution in [-0.4, -0.2) is 30.6 Å². The van der Waals surface area contributed by atoms with E-state index in [1.807, 2.05) is 0 Å². The standard InChI is InChI=1S/C15H18O4/c1-7-3-10-9(8(2)14(17)19-10)5-15-6-18-11(13(7)15)4-12(15)16/h7,9-11,13H,2-6H2,1H3/t7-,9-,10-,11-,13-,15+/m1/s1. The highest BCUT2D eigenvalue weighted by atomic mass is 16.6. The van der Waals surface area contributed by atoms with Gasteiger partial charge < -0.3 is 9.47 Å². The van der Waals surface area contributed by atoms with Crippen molar-refractivity contribution in [3.8, 4) is 0 Å². The Hall–Kier alpha value is -1.16. The average Bonchev–Trinajstić information content (AvgIpc) is 2.90. The van der Waals surface area contributed by atoms with Gasteiger partial charge in [-0.25, -0.2) is 4.79 Å². The van der Waals surface area contributed by atoms with E-state index in [4.69, 9.17) is 9.47 Å². The summed E-state index contributed by atoms with van der Waals surface area (Å²) in [7, 11) is 0. The number of esters is 1. The van der Waals surface area contributed by atoms with E-state index in [2.05, 4.69) is 13.5 Å². The van der Waals surface area contributed by atoms with E-state index in [0.29, 0.717) is 42.6 Å². The first-order valence-corrected chi connectivity index (χ1v) is 7.07. The second-order valence-corrected chi connectivity index (χ2v) is 6.65. The third-order valence-corrected chi connectivity index (χ3v) is 5.75. The van der Waals surface area contributed by atoms with Gasteiger partial charge in [0.1, 0.15) is 11.9 Å². The molecule has 19 heavy (non-hydrogen) atoms. The van der Waals surface area contributed by atoms with Gasteiger partial charge in [0, 0.05) is 23.8 Å². The summed E-state index contributed by atoms with van der Waals surface area (Å²) in [6.45, 7) is 6.57. The predicted molar refractivity (Wildman–Crippen MR) is 66.2 cm³/mol. The zero-order valence-corrected chi connectivity index (χ0v) is 11.1. The Morgan fingerprint density at radius 1 is 1.32 bits per heavy atom. The molecule has 102 valence electrons. The SMILES string of the molecule is C=C1C(=O)O[C@@H]2C[C@@H](C)[C@@H]3[C@H]4CC(=O)[C@@]3(CO4)C[C@H]12. The van der Waals surface area contributed by atoms with Crippen LogP contribution in [0.1, 0.15) is 26.2 Å². The van der Waals surface area contributed by atoms with Gasteiger partial charge in [0.15, 0.2) is 0 Å². The maximum atomic E-state index is 12.4. The van der Waals surface area contributed by atoms with Crippen LogP contribution in [0.2, 0.25) is 0 Å². The number of Topliss-reactive ketones (excluding diaryl/α,β-unsaturated/α-hetero) is 1. The Labute approximate surface area is 112 Å². The third-order valence-electron chi connectivity index (χ3n) is 5.75. The van der Waals surface area contributed by atoms with E-state index >= 15 is 0 Å². The number of ether oxygens (including phenoxy) is 2. The van der Waals surface area contributed by atoms with E-state index in [-0.39, 0.29) is 29.5 Å². The van der Waals surface area contributed by atoms with Gasteiger partial charge in [0.05, 0.1) is 18.1 Å². The van der Waals surface area contributed by atoms with Crippen LogP contribution in [0.15, 0.2) is 12.2 Å². The van der Waals surface area contributed by atoms with E-state index in [9.17, 15) is 9.59 Å². The molecule has 4 rings (SSSR count). The normalized spacial score (nSPS) is 51.8. The van der Waals surface area contributed by atoms with Gasteiger partial charge in [-0.3, -0.25) is 4.79 Å². The van der Waals surface area contributed by atoms with Gasteiger partial charge in [0.2, 0.25) is 0 Å². The second-order valence-electron chi connectivity index (χ2n) is 6.65. The molecule has 6 atom stereocenters. The minimum absolute atomic E-state index is 0.00403. The Balaban J connectivity index is 1.78. The van der Waals surface area contributed by atoms with Crippen LogP contribution in [0, 0.1) is 23.2 Å². The molecule has 2 aliphatic heterocycles. The molecule has 2 heterocycles. The quantitative estimate of drug-likeness (QED) is 0.490. The van der Waals surface area contributed by atoms with Crippen molar-refractivity contribution in [3.63, 3.8) is 0 Å². The first-order chi connectivity index (χ1) is 9.03. The highest BCUT2D eigenvalue weighted by Gasteiger charge is 2.65. The molecular formula is C15H18O4. The van der Waals surface area contributed by atoms with Gasteiger partial charge in [-0.1, -0.05) is 13.5 Å². The fraction of sp³-hybridized carbons (Fsp3) is 0.733. The summed E-state index contributed by atoms with van der Waals surface area (Å²) < 4.78 is 11.3. The Bertz CT molecular complexity index is 496. The molecule has 0 aromatic rings. The lowest BCUT2D eigenvalue weighted by Crippen LogP contribution is -2.37. The average molecular weight is 262 g/mol. The van der Waals surface area contributed by atoms with Crippen molar-refractivity contribution in [1.29, 1.82) is 0 Å². The lowest BCUT2D eigenvalue weighted by Gasteiger charge is -2.30. The Morgan fingerprint density at radius 2 is 2.11 bits per heavy atom. The molecular weight excluding hydrogens is 244 g/mol. The van der Waals surface area contributed by atoms with Gasteiger partial charge >= 0.3 is 5.97 Å². The molecule has 0 aromatic carbocycles. The van der Waals surface area contributed by atoms with Crippen molar-refractivity contribution in [2.75, 3.05) is 6.61 Å². The molecule has 4 heteroatoms. The molecule has 4 fully saturated rings. The largest absolute Gasteiger partial charge is 0.458 e. The molecule has 2 bridgehead atoms. The van der Waals surface area contributed by atoms with Crippen molar-refractivity contribution >= 4 is 11.8 Å². The van der Waals surface area contributed by atoms with Crippen LogP contribution in [0.5, 0.6) is 0 Å². The number of hydrogen-bond donors (Lipinski definition) is 0. The molecule has 4 aliphatic rings. The second kappa shape index (κ2) is 3.48. The van der Waals surface area contributed by atoms with Crippen molar-refractivity contribution in [1.82, 2.24) is 0 Å². The minimum atomic E-state index is -0.375. The Kier molecular flexibility index (Phi) is 2.13.